The van der Waals surface area contributed by atoms with Gasteiger partial charge < -0.3 is 5.32 Å². The van der Waals surface area contributed by atoms with Gasteiger partial charge in [-0.3, -0.25) is 10.1 Å². The van der Waals surface area contributed by atoms with Crippen LogP contribution in [0.3, 0.4) is 0 Å². The lowest BCUT2D eigenvalue weighted by Crippen LogP contribution is -2.02. The topological polar surface area (TPSA) is 68.1 Å². The summed E-state index contributed by atoms with van der Waals surface area (Å²) in [7, 11) is 0. The predicted molar refractivity (Wildman–Crippen MR) is 99.5 cm³/mol. The van der Waals surface area contributed by atoms with Gasteiger partial charge in [0.05, 0.1) is 15.1 Å². The minimum Gasteiger partial charge on any atom is -0.375 e. The largest absolute Gasteiger partial charge is 0.375 e. The first-order chi connectivity index (χ1) is 11.1. The Balaban J connectivity index is 1.82. The summed E-state index contributed by atoms with van der Waals surface area (Å²) < 4.78 is 2.85. The highest BCUT2D eigenvalue weighted by Crippen LogP contribution is 2.30. The molecule has 0 aliphatic rings. The molecule has 0 aliphatic carbocycles. The van der Waals surface area contributed by atoms with Crippen molar-refractivity contribution >= 4 is 60.6 Å². The molecule has 0 bridgehead atoms. The van der Waals surface area contributed by atoms with Gasteiger partial charge in [-0.1, -0.05) is 33.8 Å². The Hall–Kier alpha value is -1.64. The molecule has 2 aromatic carbocycles. The minimum absolute atomic E-state index is 0.0583. The number of nitro benzene ring substituents is 1. The van der Waals surface area contributed by atoms with Crippen LogP contribution >= 0.6 is 39.0 Å². The highest BCUT2D eigenvalue weighted by Gasteiger charge is 2.14. The number of hydrogen-bond donors (Lipinski definition) is 1. The molecule has 5 nitrogen and oxygen atoms in total. The van der Waals surface area contributed by atoms with Crippen molar-refractivity contribution in [1.82, 2.24) is 4.98 Å². The Labute approximate surface area is 149 Å². The molecular formula is C15H12BrN3O2S2. The summed E-state index contributed by atoms with van der Waals surface area (Å²) in [6.07, 6.45) is 2.01. The minimum atomic E-state index is -0.385. The number of rotatable bonds is 5. The van der Waals surface area contributed by atoms with Crippen LogP contribution in [-0.2, 0) is 6.54 Å². The Morgan fingerprint density at radius 2 is 2.17 bits per heavy atom. The van der Waals surface area contributed by atoms with E-state index >= 15 is 0 Å². The van der Waals surface area contributed by atoms with E-state index in [0.29, 0.717) is 16.7 Å². The lowest BCUT2D eigenvalue weighted by molar-refractivity contribution is -0.384. The molecule has 0 unspecified atom stereocenters. The lowest BCUT2D eigenvalue weighted by atomic mass is 10.2. The second-order valence-corrected chi connectivity index (χ2v) is 7.76. The Kier molecular flexibility index (Phi) is 4.84. The van der Waals surface area contributed by atoms with E-state index in [1.54, 1.807) is 35.2 Å². The van der Waals surface area contributed by atoms with E-state index in [-0.39, 0.29) is 10.6 Å². The molecule has 0 spiro atoms. The molecule has 0 radical (unpaired) electrons. The summed E-state index contributed by atoms with van der Waals surface area (Å²) in [5, 5.41) is 14.3. The molecule has 1 aromatic heterocycles. The highest BCUT2D eigenvalue weighted by molar-refractivity contribution is 9.10. The van der Waals surface area contributed by atoms with Crippen LogP contribution in [0.1, 0.15) is 5.56 Å². The number of hydrogen-bond acceptors (Lipinski definition) is 6. The Morgan fingerprint density at radius 1 is 1.35 bits per heavy atom. The van der Waals surface area contributed by atoms with Gasteiger partial charge in [-0.05, 0) is 36.1 Å². The number of thiazole rings is 1. The average Bonchev–Trinajstić information content (AvgIpc) is 2.95. The average molecular weight is 410 g/mol. The van der Waals surface area contributed by atoms with Crippen molar-refractivity contribution in [3.8, 4) is 0 Å². The van der Waals surface area contributed by atoms with Crippen molar-refractivity contribution in [3.05, 3.63) is 56.5 Å². The van der Waals surface area contributed by atoms with E-state index < -0.39 is 0 Å². The molecule has 0 atom stereocenters. The second kappa shape index (κ2) is 6.86. The van der Waals surface area contributed by atoms with Crippen LogP contribution in [0.4, 0.5) is 11.4 Å². The van der Waals surface area contributed by atoms with Gasteiger partial charge in [0.1, 0.15) is 5.69 Å². The zero-order valence-electron chi connectivity index (χ0n) is 12.1. The van der Waals surface area contributed by atoms with Crippen molar-refractivity contribution in [2.24, 2.45) is 0 Å². The third-order valence-electron chi connectivity index (χ3n) is 3.25. The van der Waals surface area contributed by atoms with Gasteiger partial charge in [0.25, 0.3) is 5.69 Å². The van der Waals surface area contributed by atoms with Gasteiger partial charge >= 0.3 is 0 Å². The number of halogens is 1. The molecule has 0 fully saturated rings. The zero-order chi connectivity index (χ0) is 16.4. The molecule has 0 saturated carbocycles. The summed E-state index contributed by atoms with van der Waals surface area (Å²) in [4.78, 5) is 15.3. The molecule has 0 amide bonds. The maximum absolute atomic E-state index is 11.1. The molecule has 1 N–H and O–H groups in total. The Morgan fingerprint density at radius 3 is 2.91 bits per heavy atom. The van der Waals surface area contributed by atoms with Crippen LogP contribution < -0.4 is 5.32 Å². The van der Waals surface area contributed by atoms with Crippen molar-refractivity contribution in [3.63, 3.8) is 0 Å². The molecule has 118 valence electrons. The van der Waals surface area contributed by atoms with Crippen LogP contribution in [0, 0.1) is 10.1 Å². The predicted octanol–water partition coefficient (Wildman–Crippen LogP) is 5.30. The first-order valence-corrected chi connectivity index (χ1v) is 9.51. The summed E-state index contributed by atoms with van der Waals surface area (Å²) >= 11 is 6.54. The van der Waals surface area contributed by atoms with Gasteiger partial charge in [0.2, 0.25) is 0 Å². The quantitative estimate of drug-likeness (QED) is 0.351. The van der Waals surface area contributed by atoms with Gasteiger partial charge in [0.15, 0.2) is 4.34 Å². The van der Waals surface area contributed by atoms with Crippen LogP contribution in [0.25, 0.3) is 10.2 Å². The molecule has 0 aliphatic heterocycles. The summed E-state index contributed by atoms with van der Waals surface area (Å²) in [6, 6.07) is 11.0. The smallest absolute Gasteiger partial charge is 0.293 e. The number of nitrogens with zero attached hydrogens (tertiary/aromatic N) is 2. The van der Waals surface area contributed by atoms with Crippen LogP contribution in [0.2, 0.25) is 0 Å². The maximum atomic E-state index is 11.1. The van der Waals surface area contributed by atoms with Gasteiger partial charge in [-0.15, -0.1) is 11.3 Å². The standard InChI is InChI=1S/C15H12BrN3O2S2/c1-22-15-18-12-4-2-9(6-14(12)23-15)8-17-11-5-3-10(16)7-13(11)19(20)21/h2-7,17H,8H2,1H3. The van der Waals surface area contributed by atoms with Crippen molar-refractivity contribution < 1.29 is 4.92 Å². The summed E-state index contributed by atoms with van der Waals surface area (Å²) in [5.74, 6) is 0. The first kappa shape index (κ1) is 16.2. The molecule has 23 heavy (non-hydrogen) atoms. The summed E-state index contributed by atoms with van der Waals surface area (Å²) in [5.41, 5.74) is 2.61. The zero-order valence-corrected chi connectivity index (χ0v) is 15.3. The normalized spacial score (nSPS) is 10.9. The number of nitrogens with one attached hydrogen (secondary N) is 1. The van der Waals surface area contributed by atoms with E-state index in [1.807, 2.05) is 18.4 Å². The van der Waals surface area contributed by atoms with Crippen molar-refractivity contribution in [2.45, 2.75) is 10.9 Å². The van der Waals surface area contributed by atoms with Gasteiger partial charge in [0, 0.05) is 17.1 Å². The number of fused-ring (bicyclic) bond motifs is 1. The number of benzene rings is 2. The van der Waals surface area contributed by atoms with E-state index in [0.717, 1.165) is 20.1 Å². The van der Waals surface area contributed by atoms with Gasteiger partial charge in [-0.2, -0.15) is 0 Å². The third kappa shape index (κ3) is 3.65. The Bertz CT molecular complexity index is 882. The van der Waals surface area contributed by atoms with Crippen LogP contribution in [0.5, 0.6) is 0 Å². The van der Waals surface area contributed by atoms with E-state index in [2.05, 4.69) is 32.3 Å². The maximum Gasteiger partial charge on any atom is 0.293 e. The first-order valence-electron chi connectivity index (χ1n) is 6.68. The number of aromatic nitrogens is 1. The van der Waals surface area contributed by atoms with E-state index in [9.17, 15) is 10.1 Å². The molecule has 3 rings (SSSR count). The SMILES string of the molecule is CSc1nc2ccc(CNc3ccc(Br)cc3[N+](=O)[O-])cc2s1. The van der Waals surface area contributed by atoms with Crippen molar-refractivity contribution in [2.75, 3.05) is 11.6 Å². The molecule has 3 aromatic rings. The molecule has 0 saturated heterocycles. The summed E-state index contributed by atoms with van der Waals surface area (Å²) in [6.45, 7) is 0.519. The van der Waals surface area contributed by atoms with Crippen LogP contribution in [0.15, 0.2) is 45.2 Å². The fourth-order valence-electron chi connectivity index (χ4n) is 2.15. The number of anilines is 1. The highest BCUT2D eigenvalue weighted by atomic mass is 79.9. The number of thioether (sulfide) groups is 1. The molecule has 8 heteroatoms. The third-order valence-corrected chi connectivity index (χ3v) is 5.74. The fraction of sp³-hybridized carbons (Fsp3) is 0.133. The van der Waals surface area contributed by atoms with Crippen molar-refractivity contribution in [1.29, 1.82) is 0 Å². The van der Waals surface area contributed by atoms with Gasteiger partial charge in [-0.25, -0.2) is 4.98 Å². The number of nitro groups is 1. The molecule has 1 heterocycles. The second-order valence-electron chi connectivity index (χ2n) is 4.76. The fourth-order valence-corrected chi connectivity index (χ4v) is 4.05. The lowest BCUT2D eigenvalue weighted by Gasteiger charge is -2.07. The monoisotopic (exact) mass is 409 g/mol. The van der Waals surface area contributed by atoms with E-state index in [1.165, 1.54) is 6.07 Å². The molecular weight excluding hydrogens is 398 g/mol. The van der Waals surface area contributed by atoms with E-state index in [4.69, 9.17) is 0 Å². The van der Waals surface area contributed by atoms with Crippen LogP contribution in [-0.4, -0.2) is 16.2 Å².